The molecule has 12 heteroatoms. The predicted octanol–water partition coefficient (Wildman–Crippen LogP) is 2.76. The molecule has 0 radical (unpaired) electrons. The van der Waals surface area contributed by atoms with E-state index < -0.39 is 26.0 Å². The second-order valence-electron chi connectivity index (χ2n) is 11.4. The van der Waals surface area contributed by atoms with Gasteiger partial charge in [-0.2, -0.15) is 8.42 Å². The first-order valence-electron chi connectivity index (χ1n) is 16.2. The second-order valence-corrected chi connectivity index (χ2v) is 14.5. The van der Waals surface area contributed by atoms with Gasteiger partial charge in [-0.25, -0.2) is 13.0 Å². The Bertz CT molecular complexity index is 1610. The topological polar surface area (TPSA) is 121 Å². The van der Waals surface area contributed by atoms with E-state index in [4.69, 9.17) is 0 Å². The number of hydrogen-bond acceptors (Lipinski definition) is 7. The molecule has 47 heavy (non-hydrogen) atoms. The molecule has 1 aliphatic carbocycles. The van der Waals surface area contributed by atoms with Gasteiger partial charge in [0.15, 0.2) is 12.3 Å². The maximum atomic E-state index is 11.5. The summed E-state index contributed by atoms with van der Waals surface area (Å²) in [6.07, 6.45) is 11.7. The summed E-state index contributed by atoms with van der Waals surface area (Å²) in [7, 11) is -8.41. The van der Waals surface area contributed by atoms with Crippen molar-refractivity contribution in [1.82, 2.24) is 0 Å². The van der Waals surface area contributed by atoms with Gasteiger partial charge >= 0.3 is 29.6 Å². The van der Waals surface area contributed by atoms with E-state index in [9.17, 15) is 25.9 Å². The zero-order chi connectivity index (χ0) is 33.7. The molecular weight excluding hydrogens is 646 g/mol. The van der Waals surface area contributed by atoms with Gasteiger partial charge in [-0.1, -0.05) is 51.0 Å². The maximum Gasteiger partial charge on any atom is 1.00 e. The molecular formula is C35H49N3NaO6S2+. The first-order valence-corrected chi connectivity index (χ1v) is 19.4. The van der Waals surface area contributed by atoms with E-state index in [0.29, 0.717) is 13.1 Å². The van der Waals surface area contributed by atoms with Crippen molar-refractivity contribution in [2.24, 2.45) is 0 Å². The third-order valence-corrected chi connectivity index (χ3v) is 9.50. The molecule has 0 amide bonds. The van der Waals surface area contributed by atoms with E-state index >= 15 is 0 Å². The Kier molecular flexibility index (Phi) is 17.1. The zero-order valence-electron chi connectivity index (χ0n) is 28.6. The summed E-state index contributed by atoms with van der Waals surface area (Å²) in [5, 5.41) is 0. The Morgan fingerprint density at radius 3 is 1.66 bits per heavy atom. The summed E-state index contributed by atoms with van der Waals surface area (Å²) < 4.78 is 68.4. The van der Waals surface area contributed by atoms with Crippen LogP contribution in [0.5, 0.6) is 0 Å². The Labute approximate surface area is 304 Å². The van der Waals surface area contributed by atoms with Crippen molar-refractivity contribution in [1.29, 1.82) is 0 Å². The van der Waals surface area contributed by atoms with Crippen LogP contribution >= 0.6 is 0 Å². The molecule has 0 bridgehead atoms. The van der Waals surface area contributed by atoms with Gasteiger partial charge in [0.05, 0.1) is 15.9 Å². The molecule has 0 spiro atoms. The molecule has 9 nitrogen and oxygen atoms in total. The van der Waals surface area contributed by atoms with Gasteiger partial charge < -0.3 is 14.4 Å². The Morgan fingerprint density at radius 1 is 0.702 bits per heavy atom. The van der Waals surface area contributed by atoms with Gasteiger partial charge in [-0.15, -0.1) is 0 Å². The molecule has 3 rings (SSSR count). The first kappa shape index (κ1) is 40.9. The van der Waals surface area contributed by atoms with Crippen molar-refractivity contribution < 1.29 is 60.1 Å². The number of hydrogen-bond donors (Lipinski definition) is 1. The van der Waals surface area contributed by atoms with Crippen molar-refractivity contribution in [2.45, 2.75) is 53.4 Å². The molecule has 0 aromatic heterocycles. The molecule has 0 heterocycles. The maximum absolute atomic E-state index is 11.5. The van der Waals surface area contributed by atoms with Crippen molar-refractivity contribution in [2.75, 3.05) is 60.6 Å². The molecule has 0 saturated carbocycles. The van der Waals surface area contributed by atoms with Gasteiger partial charge in [0.1, 0.15) is 12.3 Å². The van der Waals surface area contributed by atoms with Gasteiger partial charge in [-0.05, 0) is 79.0 Å². The molecule has 0 aliphatic heterocycles. The molecule has 2 aromatic carbocycles. The molecule has 0 fully saturated rings. The molecule has 1 aliphatic rings. The monoisotopic (exact) mass is 694 g/mol. The van der Waals surface area contributed by atoms with E-state index in [-0.39, 0.29) is 48.4 Å². The Balaban J connectivity index is 0.00000768. The van der Waals surface area contributed by atoms with E-state index in [1.54, 1.807) is 0 Å². The smallest absolute Gasteiger partial charge is 0.748 e. The fourth-order valence-electron chi connectivity index (χ4n) is 5.49. The molecule has 252 valence electrons. The Hall–Kier alpha value is -2.25. The quantitative estimate of drug-likeness (QED) is 0.144. The summed E-state index contributed by atoms with van der Waals surface area (Å²) in [6.45, 7) is 11.9. The van der Waals surface area contributed by atoms with Crippen LogP contribution in [0.15, 0.2) is 78.4 Å². The molecule has 0 unspecified atom stereocenters. The van der Waals surface area contributed by atoms with Gasteiger partial charge in [0.25, 0.3) is 10.1 Å². The standard InChI is InChI=1S/C35H49N3O6S2.Na/c1-5-9-23-37(25-27-45(39,40)41)33-19-13-30(14-20-33)35(29-11-17-32(18-12-29)36(7-3)8-4)31-15-21-34(22-16-31)38(24-10-6-2)26-28-46(42,43)44;/h11-22H,5-10,23-28H2,1-4H3,(H-,39,40,41,42,43,44);/q;+1. The normalized spacial score (nSPS) is 13.0. The summed E-state index contributed by atoms with van der Waals surface area (Å²) in [5.41, 5.74) is 6.90. The van der Waals surface area contributed by atoms with Crippen LogP contribution in [0.3, 0.4) is 0 Å². The van der Waals surface area contributed by atoms with Crippen LogP contribution in [0.25, 0.3) is 5.57 Å². The first-order chi connectivity index (χ1) is 21.9. The summed E-state index contributed by atoms with van der Waals surface area (Å²) in [5.74, 6) is -0.780. The van der Waals surface area contributed by atoms with E-state index in [0.717, 1.165) is 78.1 Å². The summed E-state index contributed by atoms with van der Waals surface area (Å²) in [6, 6.07) is 16.5. The molecule has 0 atom stereocenters. The molecule has 2 aromatic rings. The minimum atomic E-state index is -4.33. The van der Waals surface area contributed by atoms with Crippen LogP contribution in [0.2, 0.25) is 0 Å². The average molecular weight is 695 g/mol. The fourth-order valence-corrected chi connectivity index (χ4v) is 6.39. The number of allylic oxidation sites excluding steroid dienone is 5. The van der Waals surface area contributed by atoms with Crippen LogP contribution in [-0.2, 0) is 20.2 Å². The van der Waals surface area contributed by atoms with Gasteiger partial charge in [0, 0.05) is 56.1 Å². The average Bonchev–Trinajstić information content (AvgIpc) is 3.02. The third kappa shape index (κ3) is 13.3. The largest absolute Gasteiger partial charge is 1.00 e. The predicted molar refractivity (Wildman–Crippen MR) is 189 cm³/mol. The fraction of sp³-hybridized carbons (Fsp3) is 0.457. The van der Waals surface area contributed by atoms with Gasteiger partial charge in [-0.3, -0.25) is 4.55 Å². The van der Waals surface area contributed by atoms with Crippen molar-refractivity contribution in [3.63, 3.8) is 0 Å². The van der Waals surface area contributed by atoms with Crippen LogP contribution < -0.4 is 39.4 Å². The SMILES string of the molecule is CCCCN(CCS(=O)(=O)[O-])c1ccc(C(=C2C=CC(=[N+](CCCC)CCS(=O)(=O)O)C=C2)c2ccc(N(CC)CC)cc2)cc1.[Na+]. The number of nitrogens with zero attached hydrogens (tertiary/aromatic N) is 3. The van der Waals surface area contributed by atoms with Crippen LogP contribution in [0, 0.1) is 0 Å². The van der Waals surface area contributed by atoms with Crippen molar-refractivity contribution in [3.8, 4) is 0 Å². The van der Waals surface area contributed by atoms with Crippen LogP contribution in [0.4, 0.5) is 11.4 Å². The molecule has 1 N–H and O–H groups in total. The summed E-state index contributed by atoms with van der Waals surface area (Å²) in [4.78, 5) is 4.24. The van der Waals surface area contributed by atoms with Crippen molar-refractivity contribution >= 4 is 42.9 Å². The number of anilines is 2. The summed E-state index contributed by atoms with van der Waals surface area (Å²) >= 11 is 0. The van der Waals surface area contributed by atoms with Crippen LogP contribution in [0.1, 0.15) is 64.5 Å². The van der Waals surface area contributed by atoms with Crippen molar-refractivity contribution in [3.05, 3.63) is 89.5 Å². The number of benzene rings is 2. The molecule has 0 saturated heterocycles. The zero-order valence-corrected chi connectivity index (χ0v) is 32.2. The second kappa shape index (κ2) is 19.7. The van der Waals surface area contributed by atoms with E-state index in [1.165, 1.54) is 0 Å². The van der Waals surface area contributed by atoms with Crippen LogP contribution in [-0.4, -0.2) is 87.0 Å². The minimum absolute atomic E-state index is 0. The van der Waals surface area contributed by atoms with Gasteiger partial charge in [0.2, 0.25) is 0 Å². The van der Waals surface area contributed by atoms with E-state index in [2.05, 4.69) is 56.9 Å². The minimum Gasteiger partial charge on any atom is -0.748 e. The van der Waals surface area contributed by atoms with E-state index in [1.807, 2.05) is 58.0 Å². The number of unbranched alkanes of at least 4 members (excludes halogenated alkanes) is 2. The Morgan fingerprint density at radius 2 is 1.21 bits per heavy atom. The number of rotatable bonds is 18. The third-order valence-electron chi connectivity index (χ3n) is 8.12.